The van der Waals surface area contributed by atoms with Gasteiger partial charge in [-0.1, -0.05) is 0 Å². The van der Waals surface area contributed by atoms with Crippen LogP contribution in [0.2, 0.25) is 0 Å². The molecule has 0 heterocycles. The molecule has 5 heteroatoms. The van der Waals surface area contributed by atoms with E-state index in [2.05, 4.69) is 5.92 Å². The second-order valence-corrected chi connectivity index (χ2v) is 6.02. The van der Waals surface area contributed by atoms with Gasteiger partial charge in [-0.15, -0.1) is 12.3 Å². The van der Waals surface area contributed by atoms with E-state index < -0.39 is 15.8 Å². The number of rotatable bonds is 5. The van der Waals surface area contributed by atoms with Crippen LogP contribution in [0.3, 0.4) is 0 Å². The first kappa shape index (κ1) is 14.3. The maximum atomic E-state index is 11.9. The molecule has 96 valence electrons. The average molecular weight is 266 g/mol. The number of aryl methyl sites for hydroxylation is 1. The van der Waals surface area contributed by atoms with Gasteiger partial charge >= 0.3 is 5.97 Å². The Bertz CT molecular complexity index is 594. The van der Waals surface area contributed by atoms with Gasteiger partial charge in [0.05, 0.1) is 16.2 Å². The smallest absolute Gasteiger partial charge is 0.335 e. The lowest BCUT2D eigenvalue weighted by Crippen LogP contribution is -2.08. The maximum absolute atomic E-state index is 11.9. The number of sulfone groups is 1. The quantitative estimate of drug-likeness (QED) is 0.652. The van der Waals surface area contributed by atoms with Gasteiger partial charge in [0.15, 0.2) is 9.84 Å². The number of hydrogen-bond donors (Lipinski definition) is 1. The van der Waals surface area contributed by atoms with Gasteiger partial charge in [-0.05, 0) is 37.1 Å². The highest BCUT2D eigenvalue weighted by Crippen LogP contribution is 2.17. The van der Waals surface area contributed by atoms with Crippen molar-refractivity contribution < 1.29 is 18.3 Å². The van der Waals surface area contributed by atoms with E-state index in [1.54, 1.807) is 6.92 Å². The number of benzene rings is 1. The molecule has 0 fully saturated rings. The molecule has 0 spiro atoms. The summed E-state index contributed by atoms with van der Waals surface area (Å²) < 4.78 is 23.8. The van der Waals surface area contributed by atoms with Crippen LogP contribution in [0.5, 0.6) is 0 Å². The van der Waals surface area contributed by atoms with Gasteiger partial charge in [0, 0.05) is 6.42 Å². The van der Waals surface area contributed by atoms with Gasteiger partial charge < -0.3 is 5.11 Å². The van der Waals surface area contributed by atoms with Crippen LogP contribution in [-0.4, -0.2) is 25.2 Å². The van der Waals surface area contributed by atoms with Crippen molar-refractivity contribution in [3.05, 3.63) is 29.3 Å². The van der Waals surface area contributed by atoms with Crippen LogP contribution >= 0.6 is 0 Å². The number of carbonyl (C=O) groups is 1. The molecule has 0 aliphatic carbocycles. The van der Waals surface area contributed by atoms with Crippen molar-refractivity contribution in [1.82, 2.24) is 0 Å². The highest BCUT2D eigenvalue weighted by Gasteiger charge is 2.16. The standard InChI is InChI=1S/C13H14O4S/c1-3-4-5-8-18(16,17)11-6-7-12(13(14)15)10(2)9-11/h1,6-7,9H,4-5,8H2,2H3,(H,14,15). The Morgan fingerprint density at radius 1 is 1.44 bits per heavy atom. The van der Waals surface area contributed by atoms with E-state index >= 15 is 0 Å². The minimum absolute atomic E-state index is 0.0247. The summed E-state index contributed by atoms with van der Waals surface area (Å²) in [6, 6.07) is 4.02. The molecule has 4 nitrogen and oxygen atoms in total. The Morgan fingerprint density at radius 3 is 2.61 bits per heavy atom. The molecule has 18 heavy (non-hydrogen) atoms. The van der Waals surface area contributed by atoms with E-state index in [1.807, 2.05) is 0 Å². The van der Waals surface area contributed by atoms with Gasteiger partial charge in [0.1, 0.15) is 0 Å². The van der Waals surface area contributed by atoms with Crippen LogP contribution in [0, 0.1) is 19.3 Å². The highest BCUT2D eigenvalue weighted by atomic mass is 32.2. The van der Waals surface area contributed by atoms with Crippen LogP contribution in [0.1, 0.15) is 28.8 Å². The Kier molecular flexibility index (Phi) is 4.51. The fraction of sp³-hybridized carbons (Fsp3) is 0.308. The zero-order chi connectivity index (χ0) is 13.8. The van der Waals surface area contributed by atoms with Crippen molar-refractivity contribution in [3.63, 3.8) is 0 Å². The van der Waals surface area contributed by atoms with Crippen LogP contribution in [-0.2, 0) is 9.84 Å². The number of aromatic carboxylic acids is 1. The van der Waals surface area contributed by atoms with Gasteiger partial charge in [-0.25, -0.2) is 13.2 Å². The van der Waals surface area contributed by atoms with E-state index in [4.69, 9.17) is 11.5 Å². The number of carboxylic acid groups (broad SMARTS) is 1. The monoisotopic (exact) mass is 266 g/mol. The van der Waals surface area contributed by atoms with Crippen molar-refractivity contribution in [2.24, 2.45) is 0 Å². The van der Waals surface area contributed by atoms with E-state index in [1.165, 1.54) is 18.2 Å². The second-order valence-electron chi connectivity index (χ2n) is 3.91. The molecule has 1 N–H and O–H groups in total. The van der Waals surface area contributed by atoms with Crippen molar-refractivity contribution >= 4 is 15.8 Å². The summed E-state index contributed by atoms with van der Waals surface area (Å²) in [5.41, 5.74) is 0.540. The van der Waals surface area contributed by atoms with Gasteiger partial charge in [0.25, 0.3) is 0 Å². The van der Waals surface area contributed by atoms with Crippen LogP contribution in [0.25, 0.3) is 0 Å². The van der Waals surface area contributed by atoms with Gasteiger partial charge in [0.2, 0.25) is 0 Å². The summed E-state index contributed by atoms with van der Waals surface area (Å²) in [5.74, 6) is 1.29. The van der Waals surface area contributed by atoms with Crippen molar-refractivity contribution in [1.29, 1.82) is 0 Å². The summed E-state index contributed by atoms with van der Waals surface area (Å²) in [7, 11) is -3.39. The molecule has 0 bridgehead atoms. The Hall–Kier alpha value is -1.80. The molecule has 0 atom stereocenters. The molecular weight excluding hydrogens is 252 g/mol. The topological polar surface area (TPSA) is 71.4 Å². The van der Waals surface area contributed by atoms with Gasteiger partial charge in [-0.3, -0.25) is 0 Å². The lowest BCUT2D eigenvalue weighted by atomic mass is 10.1. The van der Waals surface area contributed by atoms with E-state index in [0.717, 1.165) is 0 Å². The third-order valence-electron chi connectivity index (χ3n) is 2.52. The number of carboxylic acids is 1. The summed E-state index contributed by atoms with van der Waals surface area (Å²) in [4.78, 5) is 11.0. The number of terminal acetylenes is 1. The first-order valence-corrected chi connectivity index (χ1v) is 7.04. The van der Waals surface area contributed by atoms with E-state index in [9.17, 15) is 13.2 Å². The lowest BCUT2D eigenvalue weighted by Gasteiger charge is -2.06. The van der Waals surface area contributed by atoms with E-state index in [-0.39, 0.29) is 16.2 Å². The van der Waals surface area contributed by atoms with Crippen LogP contribution in [0.15, 0.2) is 23.1 Å². The normalized spacial score (nSPS) is 10.9. The Balaban J connectivity index is 3.01. The highest BCUT2D eigenvalue weighted by molar-refractivity contribution is 7.91. The number of hydrogen-bond acceptors (Lipinski definition) is 3. The summed E-state index contributed by atoms with van der Waals surface area (Å²) in [6.45, 7) is 1.57. The summed E-state index contributed by atoms with van der Waals surface area (Å²) >= 11 is 0. The molecule has 1 aromatic carbocycles. The molecular formula is C13H14O4S. The zero-order valence-corrected chi connectivity index (χ0v) is 10.8. The Labute approximate surface area is 107 Å². The molecule has 0 aromatic heterocycles. The van der Waals surface area contributed by atoms with E-state index in [0.29, 0.717) is 18.4 Å². The lowest BCUT2D eigenvalue weighted by molar-refractivity contribution is 0.0696. The molecule has 1 rings (SSSR count). The molecule has 0 aliphatic heterocycles. The summed E-state index contributed by atoms with van der Waals surface area (Å²) in [5, 5.41) is 8.86. The molecule has 0 saturated heterocycles. The average Bonchev–Trinajstić information content (AvgIpc) is 2.28. The van der Waals surface area contributed by atoms with Gasteiger partial charge in [-0.2, -0.15) is 0 Å². The predicted molar refractivity (Wildman–Crippen MR) is 68.3 cm³/mol. The molecule has 1 aromatic rings. The molecule has 0 unspecified atom stereocenters. The van der Waals surface area contributed by atoms with Crippen LogP contribution < -0.4 is 0 Å². The largest absolute Gasteiger partial charge is 0.478 e. The predicted octanol–water partition coefficient (Wildman–Crippen LogP) is 1.88. The fourth-order valence-corrected chi connectivity index (χ4v) is 2.94. The third kappa shape index (κ3) is 3.34. The first-order valence-electron chi connectivity index (χ1n) is 5.38. The molecule has 0 radical (unpaired) electrons. The van der Waals surface area contributed by atoms with Crippen molar-refractivity contribution in [3.8, 4) is 12.3 Å². The van der Waals surface area contributed by atoms with Crippen LogP contribution in [0.4, 0.5) is 0 Å². The Morgan fingerprint density at radius 2 is 2.11 bits per heavy atom. The number of unbranched alkanes of at least 4 members (excludes halogenated alkanes) is 1. The molecule has 0 saturated carbocycles. The first-order chi connectivity index (χ1) is 8.38. The SMILES string of the molecule is C#CCCCS(=O)(=O)c1ccc(C(=O)O)c(C)c1. The van der Waals surface area contributed by atoms with Crippen molar-refractivity contribution in [2.75, 3.05) is 5.75 Å². The minimum Gasteiger partial charge on any atom is -0.478 e. The second kappa shape index (κ2) is 5.69. The molecule has 0 aliphatic rings. The molecule has 0 amide bonds. The summed E-state index contributed by atoms with van der Waals surface area (Å²) in [6.07, 6.45) is 5.87. The maximum Gasteiger partial charge on any atom is 0.335 e. The van der Waals surface area contributed by atoms with Crippen molar-refractivity contribution in [2.45, 2.75) is 24.7 Å². The minimum atomic E-state index is -3.39. The third-order valence-corrected chi connectivity index (χ3v) is 4.32. The zero-order valence-electron chi connectivity index (χ0n) is 10.0. The fourth-order valence-electron chi connectivity index (χ4n) is 1.55.